The van der Waals surface area contributed by atoms with Gasteiger partial charge in [0.25, 0.3) is 0 Å². The molecular weight excluding hydrogens is 230 g/mol. The largest absolute Gasteiger partial charge is 0.480 e. The van der Waals surface area contributed by atoms with Gasteiger partial charge in [-0.15, -0.1) is 0 Å². The van der Waals surface area contributed by atoms with Gasteiger partial charge in [-0.1, -0.05) is 44.2 Å². The zero-order valence-electron chi connectivity index (χ0n) is 11.1. The molecule has 0 saturated heterocycles. The molecule has 0 aromatic heterocycles. The minimum Gasteiger partial charge on any atom is -0.480 e. The van der Waals surface area contributed by atoms with E-state index in [2.05, 4.69) is 5.32 Å². The summed E-state index contributed by atoms with van der Waals surface area (Å²) >= 11 is 0. The number of nitrogens with one attached hydrogen (secondary N) is 1. The maximum absolute atomic E-state index is 11.1. The molecule has 4 nitrogen and oxygen atoms in total. The third-order valence-corrected chi connectivity index (χ3v) is 2.60. The molecule has 0 bridgehead atoms. The first-order chi connectivity index (χ1) is 8.50. The molecule has 18 heavy (non-hydrogen) atoms. The molecule has 1 aromatic carbocycles. The third-order valence-electron chi connectivity index (χ3n) is 2.60. The van der Waals surface area contributed by atoms with Gasteiger partial charge in [0, 0.05) is 6.04 Å². The van der Waals surface area contributed by atoms with Crippen LogP contribution in [-0.2, 0) is 16.1 Å². The summed E-state index contributed by atoms with van der Waals surface area (Å²) in [5.41, 5.74) is 1.04. The van der Waals surface area contributed by atoms with Gasteiger partial charge in [0.15, 0.2) is 0 Å². The second-order valence-corrected chi connectivity index (χ2v) is 4.64. The third kappa shape index (κ3) is 4.85. The van der Waals surface area contributed by atoms with E-state index in [1.807, 2.05) is 44.2 Å². The predicted octanol–water partition coefficient (Wildman–Crippen LogP) is 2.04. The molecule has 1 rings (SSSR count). The van der Waals surface area contributed by atoms with Gasteiger partial charge in [0.2, 0.25) is 0 Å². The summed E-state index contributed by atoms with van der Waals surface area (Å²) in [5.74, 6) is -0.885. The number of carbonyl (C=O) groups is 1. The Balaban J connectivity index is 2.51. The summed E-state index contributed by atoms with van der Waals surface area (Å²) in [6, 6.07) is 9.14. The van der Waals surface area contributed by atoms with Gasteiger partial charge >= 0.3 is 5.97 Å². The molecule has 0 radical (unpaired) electrons. The number of benzene rings is 1. The SMILES string of the molecule is CC(C)NC(C(=O)O)C(C)OCc1ccccc1. The van der Waals surface area contributed by atoms with E-state index in [0.717, 1.165) is 5.56 Å². The van der Waals surface area contributed by atoms with Gasteiger partial charge in [0.1, 0.15) is 6.04 Å². The molecule has 0 heterocycles. The van der Waals surface area contributed by atoms with E-state index in [-0.39, 0.29) is 12.1 Å². The topological polar surface area (TPSA) is 58.6 Å². The summed E-state index contributed by atoms with van der Waals surface area (Å²) in [7, 11) is 0. The van der Waals surface area contributed by atoms with Crippen LogP contribution in [0.15, 0.2) is 30.3 Å². The van der Waals surface area contributed by atoms with Gasteiger partial charge < -0.3 is 15.2 Å². The van der Waals surface area contributed by atoms with Gasteiger partial charge in [0.05, 0.1) is 12.7 Å². The molecule has 0 fully saturated rings. The fourth-order valence-electron chi connectivity index (χ4n) is 1.66. The Morgan fingerprint density at radius 1 is 1.28 bits per heavy atom. The Morgan fingerprint density at radius 3 is 2.39 bits per heavy atom. The van der Waals surface area contributed by atoms with Crippen LogP contribution in [-0.4, -0.2) is 29.3 Å². The Labute approximate surface area is 108 Å². The number of hydrogen-bond acceptors (Lipinski definition) is 3. The van der Waals surface area contributed by atoms with E-state index in [1.165, 1.54) is 0 Å². The molecule has 100 valence electrons. The first-order valence-electron chi connectivity index (χ1n) is 6.15. The van der Waals surface area contributed by atoms with Crippen LogP contribution in [0.3, 0.4) is 0 Å². The number of carboxylic acids is 1. The lowest BCUT2D eigenvalue weighted by atomic mass is 10.1. The fourth-order valence-corrected chi connectivity index (χ4v) is 1.66. The molecule has 0 aliphatic rings. The lowest BCUT2D eigenvalue weighted by Crippen LogP contribution is -2.48. The Morgan fingerprint density at radius 2 is 1.89 bits per heavy atom. The summed E-state index contributed by atoms with van der Waals surface area (Å²) in [5, 5.41) is 12.1. The average molecular weight is 251 g/mol. The maximum Gasteiger partial charge on any atom is 0.323 e. The molecule has 0 aliphatic heterocycles. The van der Waals surface area contributed by atoms with Crippen molar-refractivity contribution in [1.29, 1.82) is 0 Å². The lowest BCUT2D eigenvalue weighted by molar-refractivity contribution is -0.144. The van der Waals surface area contributed by atoms with E-state index < -0.39 is 12.0 Å². The van der Waals surface area contributed by atoms with Crippen molar-refractivity contribution in [1.82, 2.24) is 5.32 Å². The Kier molecular flexibility index (Phi) is 5.82. The zero-order valence-corrected chi connectivity index (χ0v) is 11.1. The van der Waals surface area contributed by atoms with Crippen molar-refractivity contribution in [2.75, 3.05) is 0 Å². The number of rotatable bonds is 7. The summed E-state index contributed by atoms with van der Waals surface area (Å²) in [6.45, 7) is 6.03. The summed E-state index contributed by atoms with van der Waals surface area (Å²) in [4.78, 5) is 11.1. The molecule has 0 saturated carbocycles. The highest BCUT2D eigenvalue weighted by molar-refractivity contribution is 5.74. The maximum atomic E-state index is 11.1. The van der Waals surface area contributed by atoms with Crippen LogP contribution in [0.4, 0.5) is 0 Å². The number of carboxylic acid groups (broad SMARTS) is 1. The quantitative estimate of drug-likeness (QED) is 0.778. The van der Waals surface area contributed by atoms with Crippen molar-refractivity contribution in [3.05, 3.63) is 35.9 Å². The lowest BCUT2D eigenvalue weighted by Gasteiger charge is -2.23. The molecule has 0 spiro atoms. The van der Waals surface area contributed by atoms with E-state index in [9.17, 15) is 4.79 Å². The summed E-state index contributed by atoms with van der Waals surface area (Å²) in [6.07, 6.45) is -0.384. The van der Waals surface area contributed by atoms with Gasteiger partial charge in [-0.05, 0) is 12.5 Å². The highest BCUT2D eigenvalue weighted by atomic mass is 16.5. The van der Waals surface area contributed by atoms with Crippen molar-refractivity contribution in [2.45, 2.75) is 45.6 Å². The minimum absolute atomic E-state index is 0.105. The molecule has 2 atom stereocenters. The molecule has 1 aromatic rings. The molecular formula is C14H21NO3. The van der Waals surface area contributed by atoms with E-state index in [1.54, 1.807) is 6.92 Å². The highest BCUT2D eigenvalue weighted by Crippen LogP contribution is 2.07. The van der Waals surface area contributed by atoms with Crippen LogP contribution in [0.2, 0.25) is 0 Å². The first kappa shape index (κ1) is 14.7. The van der Waals surface area contributed by atoms with Crippen LogP contribution in [0.25, 0.3) is 0 Å². The normalized spacial score (nSPS) is 14.4. The van der Waals surface area contributed by atoms with Crippen molar-refractivity contribution >= 4 is 5.97 Å². The van der Waals surface area contributed by atoms with Crippen LogP contribution in [0.5, 0.6) is 0 Å². The highest BCUT2D eigenvalue weighted by Gasteiger charge is 2.25. The van der Waals surface area contributed by atoms with Crippen LogP contribution < -0.4 is 5.32 Å². The second-order valence-electron chi connectivity index (χ2n) is 4.64. The molecule has 4 heteroatoms. The number of ether oxygens (including phenoxy) is 1. The molecule has 2 unspecified atom stereocenters. The van der Waals surface area contributed by atoms with E-state index >= 15 is 0 Å². The standard InChI is InChI=1S/C14H21NO3/c1-10(2)15-13(14(16)17)11(3)18-9-12-7-5-4-6-8-12/h4-8,10-11,13,15H,9H2,1-3H3,(H,16,17). The van der Waals surface area contributed by atoms with Crippen LogP contribution >= 0.6 is 0 Å². The second kappa shape index (κ2) is 7.13. The first-order valence-corrected chi connectivity index (χ1v) is 6.15. The fraction of sp³-hybridized carbons (Fsp3) is 0.500. The van der Waals surface area contributed by atoms with Crippen molar-refractivity contribution in [3.8, 4) is 0 Å². The van der Waals surface area contributed by atoms with E-state index in [0.29, 0.717) is 6.61 Å². The van der Waals surface area contributed by atoms with Crippen molar-refractivity contribution in [3.63, 3.8) is 0 Å². The predicted molar refractivity (Wildman–Crippen MR) is 70.4 cm³/mol. The smallest absolute Gasteiger partial charge is 0.323 e. The minimum atomic E-state index is -0.885. The zero-order chi connectivity index (χ0) is 13.5. The molecule has 0 aliphatic carbocycles. The van der Waals surface area contributed by atoms with E-state index in [4.69, 9.17) is 9.84 Å². The molecule has 0 amide bonds. The van der Waals surface area contributed by atoms with Crippen LogP contribution in [0.1, 0.15) is 26.3 Å². The number of hydrogen-bond donors (Lipinski definition) is 2. The Hall–Kier alpha value is -1.39. The summed E-state index contributed by atoms with van der Waals surface area (Å²) < 4.78 is 5.61. The molecule has 2 N–H and O–H groups in total. The average Bonchev–Trinajstić information content (AvgIpc) is 2.34. The van der Waals surface area contributed by atoms with Gasteiger partial charge in [-0.2, -0.15) is 0 Å². The van der Waals surface area contributed by atoms with Crippen LogP contribution in [0, 0.1) is 0 Å². The Bertz CT molecular complexity index is 365. The van der Waals surface area contributed by atoms with Gasteiger partial charge in [-0.3, -0.25) is 4.79 Å². The number of aliphatic carboxylic acids is 1. The van der Waals surface area contributed by atoms with Crippen molar-refractivity contribution < 1.29 is 14.6 Å². The van der Waals surface area contributed by atoms with Crippen molar-refractivity contribution in [2.24, 2.45) is 0 Å². The van der Waals surface area contributed by atoms with Gasteiger partial charge in [-0.25, -0.2) is 0 Å². The monoisotopic (exact) mass is 251 g/mol.